The molecular formula is C10H12N6O2. The van der Waals surface area contributed by atoms with Crippen LogP contribution in [0.3, 0.4) is 0 Å². The molecule has 0 aliphatic carbocycles. The van der Waals surface area contributed by atoms with E-state index in [2.05, 4.69) is 15.3 Å². The molecule has 2 heterocycles. The Hall–Kier alpha value is -2.51. The Labute approximate surface area is 103 Å². The van der Waals surface area contributed by atoms with Crippen LogP contribution < -0.4 is 5.73 Å². The molecule has 8 heteroatoms. The largest absolute Gasteiger partial charge is 0.383 e. The third-order valence-electron chi connectivity index (χ3n) is 2.36. The SMILES string of the molecule is CCCn1nncc1-c1cc([N+](=O)[O-])cc(N)n1. The summed E-state index contributed by atoms with van der Waals surface area (Å²) < 4.78 is 1.64. The number of hydrogen-bond acceptors (Lipinski definition) is 6. The molecule has 0 amide bonds. The third kappa shape index (κ3) is 2.26. The molecule has 0 unspecified atom stereocenters. The van der Waals surface area contributed by atoms with Crippen LogP contribution in [0.4, 0.5) is 11.5 Å². The number of aryl methyl sites for hydroxylation is 1. The maximum absolute atomic E-state index is 10.8. The van der Waals surface area contributed by atoms with Crippen molar-refractivity contribution in [2.75, 3.05) is 5.73 Å². The van der Waals surface area contributed by atoms with Gasteiger partial charge in [-0.25, -0.2) is 9.67 Å². The lowest BCUT2D eigenvalue weighted by atomic mass is 10.2. The molecule has 18 heavy (non-hydrogen) atoms. The van der Waals surface area contributed by atoms with Crippen LogP contribution in [0.1, 0.15) is 13.3 Å². The average Bonchev–Trinajstić information content (AvgIpc) is 2.77. The van der Waals surface area contributed by atoms with E-state index in [1.165, 1.54) is 18.3 Å². The topological polar surface area (TPSA) is 113 Å². The second kappa shape index (κ2) is 4.78. The molecule has 2 rings (SSSR count). The van der Waals surface area contributed by atoms with Gasteiger partial charge < -0.3 is 5.73 Å². The highest BCUT2D eigenvalue weighted by atomic mass is 16.6. The first-order valence-corrected chi connectivity index (χ1v) is 5.42. The maximum atomic E-state index is 10.8. The third-order valence-corrected chi connectivity index (χ3v) is 2.36. The number of rotatable bonds is 4. The van der Waals surface area contributed by atoms with Gasteiger partial charge in [0.15, 0.2) is 0 Å². The van der Waals surface area contributed by atoms with E-state index >= 15 is 0 Å². The van der Waals surface area contributed by atoms with E-state index in [0.717, 1.165) is 6.42 Å². The van der Waals surface area contributed by atoms with Gasteiger partial charge in [0.25, 0.3) is 5.69 Å². The number of anilines is 1. The molecular weight excluding hydrogens is 236 g/mol. The highest BCUT2D eigenvalue weighted by molar-refractivity contribution is 5.60. The molecule has 2 N–H and O–H groups in total. The second-order valence-electron chi connectivity index (χ2n) is 3.73. The van der Waals surface area contributed by atoms with Gasteiger partial charge in [0.05, 0.1) is 22.9 Å². The summed E-state index contributed by atoms with van der Waals surface area (Å²) in [5.74, 6) is 0.100. The van der Waals surface area contributed by atoms with Gasteiger partial charge in [-0.15, -0.1) is 5.10 Å². The Kier molecular flexibility index (Phi) is 3.18. The van der Waals surface area contributed by atoms with Crippen LogP contribution in [0, 0.1) is 10.1 Å². The molecule has 0 aromatic carbocycles. The van der Waals surface area contributed by atoms with Crippen LogP contribution in [-0.4, -0.2) is 24.9 Å². The first-order valence-electron chi connectivity index (χ1n) is 5.42. The van der Waals surface area contributed by atoms with Crippen molar-refractivity contribution in [1.29, 1.82) is 0 Å². The summed E-state index contributed by atoms with van der Waals surface area (Å²) in [6.45, 7) is 2.67. The summed E-state index contributed by atoms with van der Waals surface area (Å²) in [4.78, 5) is 14.3. The molecule has 0 fully saturated rings. The molecule has 0 atom stereocenters. The highest BCUT2D eigenvalue weighted by Gasteiger charge is 2.14. The quantitative estimate of drug-likeness (QED) is 0.643. The van der Waals surface area contributed by atoms with E-state index in [0.29, 0.717) is 17.9 Å². The van der Waals surface area contributed by atoms with E-state index in [-0.39, 0.29) is 11.5 Å². The zero-order valence-corrected chi connectivity index (χ0v) is 9.78. The second-order valence-corrected chi connectivity index (χ2v) is 3.73. The summed E-state index contributed by atoms with van der Waals surface area (Å²) in [5.41, 5.74) is 6.49. The Morgan fingerprint density at radius 1 is 1.50 bits per heavy atom. The fourth-order valence-corrected chi connectivity index (χ4v) is 1.61. The van der Waals surface area contributed by atoms with Crippen molar-refractivity contribution in [1.82, 2.24) is 20.0 Å². The monoisotopic (exact) mass is 248 g/mol. The van der Waals surface area contributed by atoms with Gasteiger partial charge in [-0.05, 0) is 6.42 Å². The molecule has 2 aromatic heterocycles. The summed E-state index contributed by atoms with van der Waals surface area (Å²) in [6, 6.07) is 2.58. The average molecular weight is 248 g/mol. The molecule has 0 bridgehead atoms. The van der Waals surface area contributed by atoms with Crippen LogP contribution in [0.5, 0.6) is 0 Å². The lowest BCUT2D eigenvalue weighted by Crippen LogP contribution is -2.04. The van der Waals surface area contributed by atoms with Crippen molar-refractivity contribution in [3.05, 3.63) is 28.4 Å². The molecule has 8 nitrogen and oxygen atoms in total. The molecule has 0 saturated carbocycles. The van der Waals surface area contributed by atoms with E-state index in [1.54, 1.807) is 4.68 Å². The standard InChI is InChI=1S/C10H12N6O2/c1-2-3-15-9(6-12-14-15)8-4-7(16(17)18)5-10(11)13-8/h4-6H,2-3H2,1H3,(H2,11,13). The van der Waals surface area contributed by atoms with Gasteiger partial charge in [0.1, 0.15) is 11.5 Å². The predicted molar refractivity (Wildman–Crippen MR) is 64.6 cm³/mol. The van der Waals surface area contributed by atoms with Gasteiger partial charge in [-0.1, -0.05) is 12.1 Å². The van der Waals surface area contributed by atoms with Gasteiger partial charge >= 0.3 is 0 Å². The van der Waals surface area contributed by atoms with Crippen LogP contribution in [0.15, 0.2) is 18.3 Å². The summed E-state index contributed by atoms with van der Waals surface area (Å²) in [7, 11) is 0. The fraction of sp³-hybridized carbons (Fsp3) is 0.300. The van der Waals surface area contributed by atoms with Crippen molar-refractivity contribution in [2.24, 2.45) is 0 Å². The Balaban J connectivity index is 2.49. The molecule has 94 valence electrons. The minimum Gasteiger partial charge on any atom is -0.383 e. The Bertz CT molecular complexity index is 579. The number of hydrogen-bond donors (Lipinski definition) is 1. The Morgan fingerprint density at radius 3 is 2.94 bits per heavy atom. The number of aromatic nitrogens is 4. The molecule has 0 saturated heterocycles. The van der Waals surface area contributed by atoms with Crippen LogP contribution >= 0.6 is 0 Å². The van der Waals surface area contributed by atoms with Crippen molar-refractivity contribution in [2.45, 2.75) is 19.9 Å². The number of pyridine rings is 1. The lowest BCUT2D eigenvalue weighted by molar-refractivity contribution is -0.384. The molecule has 0 radical (unpaired) electrons. The van der Waals surface area contributed by atoms with Gasteiger partial charge in [0.2, 0.25) is 0 Å². The number of nitrogens with two attached hydrogens (primary N) is 1. The zero-order chi connectivity index (χ0) is 13.1. The van der Waals surface area contributed by atoms with Crippen LogP contribution in [0.2, 0.25) is 0 Å². The van der Waals surface area contributed by atoms with Crippen LogP contribution in [-0.2, 0) is 6.54 Å². The number of nitro groups is 1. The number of nitrogen functional groups attached to an aromatic ring is 1. The first-order chi connectivity index (χ1) is 8.61. The number of nitrogens with zero attached hydrogens (tertiary/aromatic N) is 5. The van der Waals surface area contributed by atoms with Gasteiger partial charge in [-0.2, -0.15) is 0 Å². The summed E-state index contributed by atoms with van der Waals surface area (Å²) >= 11 is 0. The molecule has 0 aliphatic rings. The van der Waals surface area contributed by atoms with Gasteiger partial charge in [0, 0.05) is 12.6 Å². The normalized spacial score (nSPS) is 10.5. The predicted octanol–water partition coefficient (Wildman–Crippen LogP) is 1.24. The highest BCUT2D eigenvalue weighted by Crippen LogP contribution is 2.23. The van der Waals surface area contributed by atoms with Crippen molar-refractivity contribution in [3.8, 4) is 11.4 Å². The molecule has 0 aliphatic heterocycles. The van der Waals surface area contributed by atoms with E-state index in [4.69, 9.17) is 5.73 Å². The van der Waals surface area contributed by atoms with Crippen molar-refractivity contribution < 1.29 is 4.92 Å². The van der Waals surface area contributed by atoms with Crippen molar-refractivity contribution >= 4 is 11.5 Å². The van der Waals surface area contributed by atoms with Gasteiger partial charge in [-0.3, -0.25) is 10.1 Å². The molecule has 2 aromatic rings. The summed E-state index contributed by atoms with van der Waals surface area (Å²) in [5, 5.41) is 18.5. The molecule has 0 spiro atoms. The minimum atomic E-state index is -0.504. The first kappa shape index (κ1) is 12.0. The zero-order valence-electron chi connectivity index (χ0n) is 9.78. The van der Waals surface area contributed by atoms with E-state index in [9.17, 15) is 10.1 Å². The van der Waals surface area contributed by atoms with E-state index < -0.39 is 4.92 Å². The van der Waals surface area contributed by atoms with Crippen LogP contribution in [0.25, 0.3) is 11.4 Å². The van der Waals surface area contributed by atoms with Crippen molar-refractivity contribution in [3.63, 3.8) is 0 Å². The maximum Gasteiger partial charge on any atom is 0.275 e. The minimum absolute atomic E-state index is 0.0956. The smallest absolute Gasteiger partial charge is 0.275 e. The Morgan fingerprint density at radius 2 is 2.28 bits per heavy atom. The van der Waals surface area contributed by atoms with E-state index in [1.807, 2.05) is 6.92 Å². The lowest BCUT2D eigenvalue weighted by Gasteiger charge is -2.04. The summed E-state index contributed by atoms with van der Waals surface area (Å²) in [6.07, 6.45) is 2.39. The fourth-order valence-electron chi connectivity index (χ4n) is 1.61.